The van der Waals surface area contributed by atoms with Crippen LogP contribution < -0.4 is 0 Å². The molecule has 2 aliphatic rings. The molecular formula is C23H24FN3OS. The van der Waals surface area contributed by atoms with E-state index in [0.717, 1.165) is 56.6 Å². The van der Waals surface area contributed by atoms with E-state index < -0.39 is 0 Å². The number of piperidine rings is 1. The average Bonchev–Trinajstić information content (AvgIpc) is 3.43. The van der Waals surface area contributed by atoms with Gasteiger partial charge in [-0.3, -0.25) is 9.69 Å². The second kappa shape index (κ2) is 7.76. The second-order valence-corrected chi connectivity index (χ2v) is 8.92. The predicted octanol–water partition coefficient (Wildman–Crippen LogP) is 4.55. The predicted molar refractivity (Wildman–Crippen MR) is 114 cm³/mol. The van der Waals surface area contributed by atoms with Crippen LogP contribution in [0.15, 0.2) is 48.0 Å². The third kappa shape index (κ3) is 3.74. The monoisotopic (exact) mass is 409 g/mol. The van der Waals surface area contributed by atoms with Crippen LogP contribution in [0.1, 0.15) is 33.8 Å². The number of hydrogen-bond acceptors (Lipinski definition) is 3. The van der Waals surface area contributed by atoms with Gasteiger partial charge in [-0.25, -0.2) is 4.39 Å². The van der Waals surface area contributed by atoms with Gasteiger partial charge in [-0.05, 0) is 65.6 Å². The molecule has 4 nitrogen and oxygen atoms in total. The Hall–Kier alpha value is -2.44. The number of fused-ring (bicyclic) bond motifs is 1. The molecule has 1 N–H and O–H groups in total. The largest absolute Gasteiger partial charge is 0.357 e. The molecule has 1 aromatic carbocycles. The number of rotatable bonds is 3. The first-order chi connectivity index (χ1) is 14.2. The molecule has 0 aliphatic carbocycles. The van der Waals surface area contributed by atoms with Gasteiger partial charge < -0.3 is 9.88 Å². The van der Waals surface area contributed by atoms with Crippen LogP contribution in [0, 0.1) is 5.82 Å². The molecule has 2 aliphatic heterocycles. The number of benzene rings is 1. The lowest BCUT2D eigenvalue weighted by Crippen LogP contribution is -2.48. The summed E-state index contributed by atoms with van der Waals surface area (Å²) in [6, 6.07) is 11.0. The van der Waals surface area contributed by atoms with Gasteiger partial charge in [-0.2, -0.15) is 0 Å². The molecule has 5 rings (SSSR count). The molecule has 1 fully saturated rings. The number of H-pyrrole nitrogens is 1. The zero-order valence-corrected chi connectivity index (χ0v) is 17.1. The van der Waals surface area contributed by atoms with E-state index in [1.807, 2.05) is 28.5 Å². The number of aromatic nitrogens is 1. The molecule has 2 aromatic heterocycles. The van der Waals surface area contributed by atoms with Gasteiger partial charge >= 0.3 is 0 Å². The summed E-state index contributed by atoms with van der Waals surface area (Å²) in [6.45, 7) is 3.77. The lowest BCUT2D eigenvalue weighted by atomic mass is 9.99. The van der Waals surface area contributed by atoms with E-state index in [9.17, 15) is 9.18 Å². The van der Waals surface area contributed by atoms with Crippen LogP contribution in [0.3, 0.4) is 0 Å². The van der Waals surface area contributed by atoms with Gasteiger partial charge in [0.25, 0.3) is 5.91 Å². The first-order valence-corrected chi connectivity index (χ1v) is 11.1. The lowest BCUT2D eigenvalue weighted by molar-refractivity contribution is 0.0596. The molecule has 6 heteroatoms. The number of carbonyl (C=O) groups is 1. The Morgan fingerprint density at radius 2 is 1.86 bits per heavy atom. The summed E-state index contributed by atoms with van der Waals surface area (Å²) in [7, 11) is 0. The minimum Gasteiger partial charge on any atom is -0.357 e. The summed E-state index contributed by atoms with van der Waals surface area (Å²) in [6.07, 6.45) is 5.02. The van der Waals surface area contributed by atoms with Gasteiger partial charge in [0.05, 0.1) is 0 Å². The zero-order valence-electron chi connectivity index (χ0n) is 16.2. The number of nitrogens with zero attached hydrogens (tertiary/aromatic N) is 2. The van der Waals surface area contributed by atoms with Crippen molar-refractivity contribution in [1.82, 2.24) is 14.8 Å². The normalized spacial score (nSPS) is 18.0. The number of amides is 1. The Bertz CT molecular complexity index is 1000. The van der Waals surface area contributed by atoms with Gasteiger partial charge in [-0.1, -0.05) is 12.1 Å². The van der Waals surface area contributed by atoms with Crippen LogP contribution in [0.5, 0.6) is 0 Å². The van der Waals surface area contributed by atoms with Crippen molar-refractivity contribution in [2.75, 3.05) is 19.6 Å². The topological polar surface area (TPSA) is 39.3 Å². The first-order valence-electron chi connectivity index (χ1n) is 10.2. The Labute approximate surface area is 174 Å². The molecule has 0 spiro atoms. The van der Waals surface area contributed by atoms with E-state index in [-0.39, 0.29) is 11.7 Å². The molecule has 0 radical (unpaired) electrons. The van der Waals surface area contributed by atoms with Crippen molar-refractivity contribution in [1.29, 1.82) is 0 Å². The molecule has 0 saturated carbocycles. The number of thiophene rings is 1. The molecule has 0 bridgehead atoms. The highest BCUT2D eigenvalue weighted by molar-refractivity contribution is 7.10. The minimum atomic E-state index is -0.257. The molecule has 1 amide bonds. The number of hydrogen-bond donors (Lipinski definition) is 1. The number of aromatic amines is 1. The quantitative estimate of drug-likeness (QED) is 0.690. The maximum atomic E-state index is 13.1. The summed E-state index contributed by atoms with van der Waals surface area (Å²) >= 11 is 1.88. The minimum absolute atomic E-state index is 0.0515. The summed E-state index contributed by atoms with van der Waals surface area (Å²) in [4.78, 5) is 22.1. The van der Waals surface area contributed by atoms with E-state index in [0.29, 0.717) is 11.7 Å². The van der Waals surface area contributed by atoms with E-state index in [1.165, 1.54) is 22.6 Å². The molecule has 1 saturated heterocycles. The van der Waals surface area contributed by atoms with Crippen LogP contribution in [-0.2, 0) is 13.0 Å². The van der Waals surface area contributed by atoms with Crippen LogP contribution in [-0.4, -0.2) is 46.4 Å². The van der Waals surface area contributed by atoms with Crippen molar-refractivity contribution in [2.24, 2.45) is 0 Å². The third-order valence-electron chi connectivity index (χ3n) is 6.20. The van der Waals surface area contributed by atoms with Gasteiger partial charge in [0.2, 0.25) is 0 Å². The van der Waals surface area contributed by atoms with Crippen molar-refractivity contribution in [3.05, 3.63) is 69.9 Å². The average molecular weight is 410 g/mol. The Balaban J connectivity index is 1.20. The van der Waals surface area contributed by atoms with E-state index >= 15 is 0 Å². The van der Waals surface area contributed by atoms with Crippen molar-refractivity contribution >= 4 is 17.2 Å². The third-order valence-corrected chi connectivity index (χ3v) is 7.22. The fourth-order valence-corrected chi connectivity index (χ4v) is 5.40. The highest BCUT2D eigenvalue weighted by Crippen LogP contribution is 2.28. The van der Waals surface area contributed by atoms with Crippen LogP contribution >= 0.6 is 11.3 Å². The first kappa shape index (κ1) is 18.6. The van der Waals surface area contributed by atoms with Crippen molar-refractivity contribution in [3.8, 4) is 11.1 Å². The Kier molecular flexibility index (Phi) is 4.97. The molecular weight excluding hydrogens is 385 g/mol. The SMILES string of the molecule is O=C(c1cc(-c2ccc(F)cc2)c[nH]1)N1CCC(N2CCc3sccc3C2)CC1. The Morgan fingerprint density at radius 1 is 1.07 bits per heavy atom. The maximum Gasteiger partial charge on any atom is 0.270 e. The number of carbonyl (C=O) groups excluding carboxylic acids is 1. The second-order valence-electron chi connectivity index (χ2n) is 7.92. The highest BCUT2D eigenvalue weighted by Gasteiger charge is 2.30. The molecule has 29 heavy (non-hydrogen) atoms. The van der Waals surface area contributed by atoms with E-state index in [2.05, 4.69) is 21.3 Å². The standard InChI is InChI=1S/C23H24FN3OS/c24-19-3-1-16(2-4-19)18-13-21(25-14-18)23(28)26-9-5-20(6-10-26)27-11-7-22-17(15-27)8-12-29-22/h1-4,8,12-14,20,25H,5-7,9-11,15H2. The van der Waals surface area contributed by atoms with Crippen LogP contribution in [0.4, 0.5) is 4.39 Å². The summed E-state index contributed by atoms with van der Waals surface area (Å²) in [5.41, 5.74) is 3.89. The van der Waals surface area contributed by atoms with Gasteiger partial charge in [0.1, 0.15) is 11.5 Å². The lowest BCUT2D eigenvalue weighted by Gasteiger charge is -2.40. The van der Waals surface area contributed by atoms with Gasteiger partial charge in [0, 0.05) is 43.3 Å². The van der Waals surface area contributed by atoms with Crippen LogP contribution in [0.2, 0.25) is 0 Å². The Morgan fingerprint density at radius 3 is 2.66 bits per heavy atom. The molecule has 0 atom stereocenters. The fourth-order valence-electron chi connectivity index (χ4n) is 4.51. The van der Waals surface area contributed by atoms with Crippen molar-refractivity contribution < 1.29 is 9.18 Å². The highest BCUT2D eigenvalue weighted by atomic mass is 32.1. The van der Waals surface area contributed by atoms with Gasteiger partial charge in [-0.15, -0.1) is 11.3 Å². The summed E-state index contributed by atoms with van der Waals surface area (Å²) < 4.78 is 13.1. The zero-order chi connectivity index (χ0) is 19.8. The van der Waals surface area contributed by atoms with E-state index in [4.69, 9.17) is 0 Å². The molecule has 0 unspecified atom stereocenters. The summed E-state index contributed by atoms with van der Waals surface area (Å²) in [5, 5.41) is 2.20. The van der Waals surface area contributed by atoms with Gasteiger partial charge in [0.15, 0.2) is 0 Å². The number of nitrogens with one attached hydrogen (secondary N) is 1. The molecule has 3 aromatic rings. The summed E-state index contributed by atoms with van der Waals surface area (Å²) in [5.74, 6) is -0.206. The molecule has 150 valence electrons. The van der Waals surface area contributed by atoms with E-state index in [1.54, 1.807) is 12.1 Å². The smallest absolute Gasteiger partial charge is 0.270 e. The fraction of sp³-hybridized carbons (Fsp3) is 0.348. The number of likely N-dealkylation sites (tertiary alicyclic amines) is 1. The number of halogens is 1. The van der Waals surface area contributed by atoms with Crippen LogP contribution in [0.25, 0.3) is 11.1 Å². The van der Waals surface area contributed by atoms with Crippen molar-refractivity contribution in [2.45, 2.75) is 31.8 Å². The molecule has 4 heterocycles. The maximum absolute atomic E-state index is 13.1. The van der Waals surface area contributed by atoms with Crippen molar-refractivity contribution in [3.63, 3.8) is 0 Å².